The monoisotopic (exact) mass is 301 g/mol. The van der Waals surface area contributed by atoms with Gasteiger partial charge in [-0.2, -0.15) is 0 Å². The summed E-state index contributed by atoms with van der Waals surface area (Å²) in [7, 11) is -3.83. The molecule has 20 heavy (non-hydrogen) atoms. The van der Waals surface area contributed by atoms with E-state index in [-0.39, 0.29) is 16.9 Å². The first-order valence-electron chi connectivity index (χ1n) is 6.81. The molecule has 1 aromatic rings. The van der Waals surface area contributed by atoms with E-state index in [4.69, 9.17) is 5.11 Å². The standard InChI is InChI=1S/C14H20FNO3S/c1-2-5-14(6-7-14)10-16-20(18,19)13-4-3-11(9-17)8-12(13)15/h3-4,8,16-17H,2,5-7,9-10H2,1H3. The first kappa shape index (κ1) is 15.4. The Hall–Kier alpha value is -0.980. The molecule has 1 fully saturated rings. The van der Waals surface area contributed by atoms with E-state index in [0.29, 0.717) is 12.1 Å². The Morgan fingerprint density at radius 1 is 1.40 bits per heavy atom. The van der Waals surface area contributed by atoms with Crippen LogP contribution in [0.15, 0.2) is 23.1 Å². The smallest absolute Gasteiger partial charge is 0.243 e. The van der Waals surface area contributed by atoms with Gasteiger partial charge in [-0.25, -0.2) is 17.5 Å². The molecule has 0 amide bonds. The number of rotatable bonds is 7. The molecule has 0 spiro atoms. The van der Waals surface area contributed by atoms with Crippen molar-refractivity contribution >= 4 is 10.0 Å². The van der Waals surface area contributed by atoms with Crippen LogP contribution >= 0.6 is 0 Å². The molecule has 0 aliphatic heterocycles. The van der Waals surface area contributed by atoms with Crippen molar-refractivity contribution in [2.24, 2.45) is 5.41 Å². The van der Waals surface area contributed by atoms with Gasteiger partial charge in [0, 0.05) is 6.54 Å². The highest BCUT2D eigenvalue weighted by Gasteiger charge is 2.42. The third-order valence-electron chi connectivity index (χ3n) is 3.84. The first-order valence-corrected chi connectivity index (χ1v) is 8.30. The molecule has 1 aliphatic rings. The van der Waals surface area contributed by atoms with E-state index in [1.807, 2.05) is 0 Å². The van der Waals surface area contributed by atoms with Gasteiger partial charge in [-0.1, -0.05) is 19.4 Å². The molecule has 0 atom stereocenters. The third kappa shape index (κ3) is 3.37. The average Bonchev–Trinajstić information content (AvgIpc) is 3.17. The fourth-order valence-electron chi connectivity index (χ4n) is 2.41. The zero-order valence-corrected chi connectivity index (χ0v) is 12.3. The second kappa shape index (κ2) is 5.79. The Morgan fingerprint density at radius 3 is 2.60 bits per heavy atom. The molecule has 0 bridgehead atoms. The second-order valence-electron chi connectivity index (χ2n) is 5.50. The Kier molecular flexibility index (Phi) is 4.46. The van der Waals surface area contributed by atoms with Gasteiger partial charge in [0.2, 0.25) is 10.0 Å². The van der Waals surface area contributed by atoms with Crippen LogP contribution < -0.4 is 4.72 Å². The van der Waals surface area contributed by atoms with Crippen LogP contribution in [0.1, 0.15) is 38.2 Å². The normalized spacial score (nSPS) is 17.1. The molecule has 4 nitrogen and oxygen atoms in total. The predicted octanol–water partition coefficient (Wildman–Crippen LogP) is 2.18. The second-order valence-corrected chi connectivity index (χ2v) is 7.23. The zero-order valence-electron chi connectivity index (χ0n) is 11.5. The summed E-state index contributed by atoms with van der Waals surface area (Å²) in [5.41, 5.74) is 0.426. The van der Waals surface area contributed by atoms with Crippen molar-refractivity contribution in [3.8, 4) is 0 Å². The summed E-state index contributed by atoms with van der Waals surface area (Å²) in [4.78, 5) is -0.359. The molecule has 1 aliphatic carbocycles. The summed E-state index contributed by atoms with van der Waals surface area (Å²) in [6.45, 7) is 2.12. The highest BCUT2D eigenvalue weighted by molar-refractivity contribution is 7.89. The van der Waals surface area contributed by atoms with Gasteiger partial charge in [0.1, 0.15) is 10.7 Å². The van der Waals surface area contributed by atoms with Gasteiger partial charge in [0.25, 0.3) is 0 Å². The lowest BCUT2D eigenvalue weighted by molar-refractivity contribution is 0.281. The van der Waals surface area contributed by atoms with Crippen LogP contribution in [-0.2, 0) is 16.6 Å². The summed E-state index contributed by atoms with van der Waals surface area (Å²) in [5.74, 6) is -0.829. The Balaban J connectivity index is 2.10. The zero-order chi connectivity index (χ0) is 14.8. The minimum absolute atomic E-state index is 0.0728. The van der Waals surface area contributed by atoms with Crippen molar-refractivity contribution in [3.63, 3.8) is 0 Å². The molecule has 0 radical (unpaired) electrons. The summed E-state index contributed by atoms with van der Waals surface area (Å²) < 4.78 is 40.5. The lowest BCUT2D eigenvalue weighted by atomic mass is 10.0. The number of sulfonamides is 1. The number of benzene rings is 1. The van der Waals surface area contributed by atoms with Crippen LogP contribution in [0.4, 0.5) is 4.39 Å². The number of hydrogen-bond acceptors (Lipinski definition) is 3. The first-order chi connectivity index (χ1) is 9.42. The molecule has 1 aromatic carbocycles. The topological polar surface area (TPSA) is 66.4 Å². The fourth-order valence-corrected chi connectivity index (χ4v) is 3.62. The van der Waals surface area contributed by atoms with Gasteiger partial charge < -0.3 is 5.11 Å². The quantitative estimate of drug-likeness (QED) is 0.811. The van der Waals surface area contributed by atoms with Gasteiger partial charge >= 0.3 is 0 Å². The lowest BCUT2D eigenvalue weighted by Crippen LogP contribution is -2.31. The van der Waals surface area contributed by atoms with Gasteiger partial charge in [-0.3, -0.25) is 0 Å². The molecule has 2 rings (SSSR count). The van der Waals surface area contributed by atoms with Crippen molar-refractivity contribution in [3.05, 3.63) is 29.6 Å². The summed E-state index contributed by atoms with van der Waals surface area (Å²) in [6, 6.07) is 3.66. The van der Waals surface area contributed by atoms with Gasteiger partial charge in [-0.15, -0.1) is 0 Å². The lowest BCUT2D eigenvalue weighted by Gasteiger charge is -2.15. The summed E-state index contributed by atoms with van der Waals surface area (Å²) >= 11 is 0. The Morgan fingerprint density at radius 2 is 2.10 bits per heavy atom. The molecule has 0 saturated heterocycles. The number of halogens is 1. The molecule has 6 heteroatoms. The van der Waals surface area contributed by atoms with Crippen molar-refractivity contribution in [2.75, 3.05) is 6.54 Å². The minimum atomic E-state index is -3.83. The maximum absolute atomic E-state index is 13.8. The van der Waals surface area contributed by atoms with E-state index >= 15 is 0 Å². The molecular weight excluding hydrogens is 281 g/mol. The number of aliphatic hydroxyl groups excluding tert-OH is 1. The van der Waals surface area contributed by atoms with Crippen LogP contribution in [0.3, 0.4) is 0 Å². The molecular formula is C14H20FNO3S. The van der Waals surface area contributed by atoms with Crippen LogP contribution in [0.5, 0.6) is 0 Å². The molecule has 0 heterocycles. The molecule has 1 saturated carbocycles. The van der Waals surface area contributed by atoms with Crippen molar-refractivity contribution in [1.82, 2.24) is 4.72 Å². The van der Waals surface area contributed by atoms with E-state index in [2.05, 4.69) is 11.6 Å². The van der Waals surface area contributed by atoms with Crippen molar-refractivity contribution < 1.29 is 17.9 Å². The van der Waals surface area contributed by atoms with Crippen molar-refractivity contribution in [2.45, 2.75) is 44.1 Å². The van der Waals surface area contributed by atoms with Crippen LogP contribution in [0.25, 0.3) is 0 Å². The molecule has 2 N–H and O–H groups in total. The van der Waals surface area contributed by atoms with Gasteiger partial charge in [0.05, 0.1) is 6.61 Å². The van der Waals surface area contributed by atoms with Crippen LogP contribution in [-0.4, -0.2) is 20.1 Å². The molecule has 112 valence electrons. The van der Waals surface area contributed by atoms with E-state index in [1.165, 1.54) is 12.1 Å². The van der Waals surface area contributed by atoms with Gasteiger partial charge in [0.15, 0.2) is 0 Å². The Bertz CT molecular complexity index is 582. The fraction of sp³-hybridized carbons (Fsp3) is 0.571. The van der Waals surface area contributed by atoms with E-state index in [9.17, 15) is 12.8 Å². The molecule has 0 unspecified atom stereocenters. The minimum Gasteiger partial charge on any atom is -0.392 e. The third-order valence-corrected chi connectivity index (χ3v) is 5.28. The number of nitrogens with one attached hydrogen (secondary N) is 1. The van der Waals surface area contributed by atoms with Crippen molar-refractivity contribution in [1.29, 1.82) is 0 Å². The van der Waals surface area contributed by atoms with Crippen LogP contribution in [0.2, 0.25) is 0 Å². The maximum Gasteiger partial charge on any atom is 0.243 e. The maximum atomic E-state index is 13.8. The van der Waals surface area contributed by atoms with E-state index in [0.717, 1.165) is 31.7 Å². The summed E-state index contributed by atoms with van der Waals surface area (Å²) in [5, 5.41) is 8.90. The highest BCUT2D eigenvalue weighted by Crippen LogP contribution is 2.49. The number of hydrogen-bond donors (Lipinski definition) is 2. The van der Waals surface area contributed by atoms with E-state index in [1.54, 1.807) is 0 Å². The predicted molar refractivity (Wildman–Crippen MR) is 74.1 cm³/mol. The Labute approximate surface area is 119 Å². The number of aliphatic hydroxyl groups is 1. The largest absolute Gasteiger partial charge is 0.392 e. The van der Waals surface area contributed by atoms with Gasteiger partial charge in [-0.05, 0) is 42.4 Å². The SMILES string of the molecule is CCCC1(CNS(=O)(=O)c2ccc(CO)cc2F)CC1. The average molecular weight is 301 g/mol. The van der Waals surface area contributed by atoms with Crippen LogP contribution in [0, 0.1) is 11.2 Å². The van der Waals surface area contributed by atoms with E-state index < -0.39 is 15.8 Å². The molecule has 0 aromatic heterocycles. The highest BCUT2D eigenvalue weighted by atomic mass is 32.2. The summed E-state index contributed by atoms with van der Waals surface area (Å²) in [6.07, 6.45) is 4.05.